The Morgan fingerprint density at radius 3 is 1.16 bits per heavy atom. The van der Waals surface area contributed by atoms with Gasteiger partial charge in [0.15, 0.2) is 0 Å². The Kier molecular flexibility index (Phi) is 46.9. The third kappa shape index (κ3) is 43.9. The highest BCUT2D eigenvalue weighted by Crippen LogP contribution is 2.22. The van der Waals surface area contributed by atoms with E-state index in [0.717, 1.165) is 64.1 Å². The molecule has 0 rings (SSSR count). The lowest BCUT2D eigenvalue weighted by atomic mass is 9.94. The maximum atomic E-state index is 13.4. The van der Waals surface area contributed by atoms with Gasteiger partial charge in [0.05, 0.1) is 26.0 Å². The molecule has 0 aliphatic carbocycles. The Bertz CT molecular complexity index is 981. The van der Waals surface area contributed by atoms with Gasteiger partial charge in [-0.1, -0.05) is 195 Å². The summed E-state index contributed by atoms with van der Waals surface area (Å²) in [4.78, 5) is 29.1. The molecule has 0 spiro atoms. The Labute approximate surface area is 389 Å². The fraction of sp³-hybridized carbons (Fsp3) is 0.926. The summed E-state index contributed by atoms with van der Waals surface area (Å²) in [5, 5.41) is 9.71. The van der Waals surface area contributed by atoms with Gasteiger partial charge in [0.2, 0.25) is 0 Å². The Morgan fingerprint density at radius 1 is 0.444 bits per heavy atom. The molecule has 374 valence electrons. The molecule has 63 heavy (non-hydrogen) atoms. The molecule has 0 unspecified atom stereocenters. The van der Waals surface area contributed by atoms with E-state index in [1.807, 2.05) is 0 Å². The van der Waals surface area contributed by atoms with Gasteiger partial charge in [-0.05, 0) is 69.7 Å². The van der Waals surface area contributed by atoms with Gasteiger partial charge < -0.3 is 19.5 Å². The number of ether oxygens (including phenoxy) is 2. The Morgan fingerprint density at radius 2 is 0.794 bits per heavy atom. The second-order valence-corrected chi connectivity index (χ2v) is 19.0. The van der Waals surface area contributed by atoms with Gasteiger partial charge in [0.25, 0.3) is 6.08 Å². The van der Waals surface area contributed by atoms with Crippen molar-refractivity contribution in [3.05, 3.63) is 12.3 Å². The molecule has 7 nitrogen and oxygen atoms in total. The second kappa shape index (κ2) is 48.2. The van der Waals surface area contributed by atoms with Crippen LogP contribution in [0.1, 0.15) is 259 Å². The molecule has 0 amide bonds. The molecule has 0 aromatic carbocycles. The van der Waals surface area contributed by atoms with Crippen molar-refractivity contribution in [2.45, 2.75) is 259 Å². The normalized spacial score (nSPS) is 11.6. The monoisotopic (exact) mass is 899 g/mol. The first kappa shape index (κ1) is 61.3. The van der Waals surface area contributed by atoms with Gasteiger partial charge >= 0.3 is 11.9 Å². The number of rotatable bonds is 50. The van der Waals surface area contributed by atoms with E-state index < -0.39 is 6.08 Å². The first-order chi connectivity index (χ1) is 30.8. The summed E-state index contributed by atoms with van der Waals surface area (Å²) in [5.41, 5.74) is 0. The highest BCUT2D eigenvalue weighted by molar-refractivity contribution is 5.69. The summed E-state index contributed by atoms with van der Waals surface area (Å²) in [5.74, 6) is 0.666. The zero-order chi connectivity index (χ0) is 46.3. The minimum absolute atomic E-state index is 0.00717. The third-order valence-corrected chi connectivity index (χ3v) is 12.9. The predicted octanol–water partition coefficient (Wildman–Crippen LogP) is 15.8. The van der Waals surface area contributed by atoms with Crippen molar-refractivity contribution >= 4 is 11.9 Å². The van der Waals surface area contributed by atoms with Crippen LogP contribution < -0.4 is 0 Å². The van der Waals surface area contributed by atoms with Crippen LogP contribution in [0.25, 0.3) is 0 Å². The van der Waals surface area contributed by atoms with Crippen molar-refractivity contribution < 1.29 is 33.0 Å². The van der Waals surface area contributed by atoms with E-state index in [9.17, 15) is 23.5 Å². The van der Waals surface area contributed by atoms with Crippen molar-refractivity contribution in [2.24, 2.45) is 11.8 Å². The summed E-state index contributed by atoms with van der Waals surface area (Å²) < 4.78 is 38.4. The van der Waals surface area contributed by atoms with E-state index in [0.29, 0.717) is 76.9 Å². The summed E-state index contributed by atoms with van der Waals surface area (Å²) in [6.45, 7) is 12.8. The second-order valence-electron chi connectivity index (χ2n) is 19.0. The quantitative estimate of drug-likeness (QED) is 0.0481. The average molecular weight is 899 g/mol. The molecule has 0 atom stereocenters. The zero-order valence-electron chi connectivity index (χ0n) is 42.1. The minimum atomic E-state index is -1.72. The number of halogens is 2. The predicted molar refractivity (Wildman–Crippen MR) is 263 cm³/mol. The van der Waals surface area contributed by atoms with Gasteiger partial charge in [-0.3, -0.25) is 14.5 Å². The number of hydrogen-bond donors (Lipinski definition) is 1. The molecule has 0 saturated heterocycles. The highest BCUT2D eigenvalue weighted by Gasteiger charge is 2.15. The first-order valence-corrected chi connectivity index (χ1v) is 27.2. The SMILES string of the molecule is CCCCCCCCC(CCCCCCCC)COC(=O)CCCCCN(C=C(F)F)CCN(CCO)CCCCCC(=O)OCC(CCCCCCCC)CCCCCCCC. The number of carbonyl (C=O) groups is 2. The van der Waals surface area contributed by atoms with E-state index in [1.165, 1.54) is 154 Å². The van der Waals surface area contributed by atoms with Gasteiger partial charge in [-0.25, -0.2) is 0 Å². The van der Waals surface area contributed by atoms with Crippen LogP contribution in [0.4, 0.5) is 8.78 Å². The molecular weight excluding hydrogens is 795 g/mol. The lowest BCUT2D eigenvalue weighted by Crippen LogP contribution is -2.35. The number of nitrogens with zero attached hydrogens (tertiary/aromatic N) is 2. The van der Waals surface area contributed by atoms with Gasteiger partial charge in [-0.15, -0.1) is 0 Å². The van der Waals surface area contributed by atoms with E-state index in [1.54, 1.807) is 4.90 Å². The number of aliphatic hydroxyl groups is 1. The minimum Gasteiger partial charge on any atom is -0.465 e. The smallest absolute Gasteiger partial charge is 0.305 e. The van der Waals surface area contributed by atoms with E-state index in [4.69, 9.17) is 9.47 Å². The van der Waals surface area contributed by atoms with Crippen molar-refractivity contribution in [3.8, 4) is 0 Å². The van der Waals surface area contributed by atoms with E-state index in [2.05, 4.69) is 32.6 Å². The van der Waals surface area contributed by atoms with Crippen molar-refractivity contribution in [2.75, 3.05) is 52.5 Å². The molecule has 0 bridgehead atoms. The first-order valence-electron chi connectivity index (χ1n) is 27.2. The van der Waals surface area contributed by atoms with Crippen LogP contribution in [0.15, 0.2) is 12.3 Å². The molecule has 0 aliphatic heterocycles. The van der Waals surface area contributed by atoms with Crippen LogP contribution in [0, 0.1) is 11.8 Å². The summed E-state index contributed by atoms with van der Waals surface area (Å²) in [7, 11) is 0. The van der Waals surface area contributed by atoms with Crippen LogP contribution >= 0.6 is 0 Å². The van der Waals surface area contributed by atoms with Crippen LogP contribution in [-0.4, -0.2) is 79.4 Å². The standard InChI is InChI=1S/C54H104F2N2O5/c1-5-9-13-17-21-27-35-50(36-28-22-18-14-10-6-2)48-62-53(60)39-31-25-33-41-57(45-46-59)43-44-58(47-52(55)56)42-34-26-32-40-54(61)63-49-51(37-29-23-19-15-11-7-3)38-30-24-20-16-12-8-4/h47,50-51,59H,5-46,48-49H2,1-4H3. The number of esters is 2. The van der Waals surface area contributed by atoms with Crippen molar-refractivity contribution in [3.63, 3.8) is 0 Å². The maximum Gasteiger partial charge on any atom is 0.305 e. The Hall–Kier alpha value is -1.74. The summed E-state index contributed by atoms with van der Waals surface area (Å²) in [6.07, 6.45) is 40.0. The summed E-state index contributed by atoms with van der Waals surface area (Å²) in [6, 6.07) is 0. The average Bonchev–Trinajstić information content (AvgIpc) is 3.27. The van der Waals surface area contributed by atoms with Crippen LogP contribution in [-0.2, 0) is 19.1 Å². The topological polar surface area (TPSA) is 79.3 Å². The molecular formula is C54H104F2N2O5. The third-order valence-electron chi connectivity index (χ3n) is 12.9. The number of hydrogen-bond acceptors (Lipinski definition) is 7. The molecule has 0 aromatic heterocycles. The molecule has 0 radical (unpaired) electrons. The largest absolute Gasteiger partial charge is 0.465 e. The molecule has 0 fully saturated rings. The lowest BCUT2D eigenvalue weighted by Gasteiger charge is -2.26. The van der Waals surface area contributed by atoms with E-state index in [-0.39, 0.29) is 18.5 Å². The molecule has 0 aliphatic rings. The fourth-order valence-electron chi connectivity index (χ4n) is 8.71. The number of carbonyl (C=O) groups excluding carboxylic acids is 2. The fourth-order valence-corrected chi connectivity index (χ4v) is 8.71. The van der Waals surface area contributed by atoms with Crippen LogP contribution in [0.3, 0.4) is 0 Å². The highest BCUT2D eigenvalue weighted by atomic mass is 19.3. The maximum absolute atomic E-state index is 13.4. The molecule has 0 aromatic rings. The van der Waals surface area contributed by atoms with Gasteiger partial charge in [0, 0.05) is 39.0 Å². The lowest BCUT2D eigenvalue weighted by molar-refractivity contribution is -0.146. The van der Waals surface area contributed by atoms with Crippen molar-refractivity contribution in [1.29, 1.82) is 0 Å². The van der Waals surface area contributed by atoms with Crippen molar-refractivity contribution in [1.82, 2.24) is 9.80 Å². The number of unbranched alkanes of at least 4 members (excludes halogenated alkanes) is 24. The molecule has 1 N–H and O–H groups in total. The van der Waals surface area contributed by atoms with E-state index >= 15 is 0 Å². The molecule has 0 saturated carbocycles. The van der Waals surface area contributed by atoms with Crippen LogP contribution in [0.5, 0.6) is 0 Å². The van der Waals surface area contributed by atoms with Gasteiger partial charge in [0.1, 0.15) is 0 Å². The Balaban J connectivity index is 4.58. The zero-order valence-corrected chi connectivity index (χ0v) is 42.1. The number of aliphatic hydroxyl groups excluding tert-OH is 1. The molecule has 9 heteroatoms. The summed E-state index contributed by atoms with van der Waals surface area (Å²) >= 11 is 0. The molecule has 0 heterocycles. The van der Waals surface area contributed by atoms with Crippen LogP contribution in [0.2, 0.25) is 0 Å². The van der Waals surface area contributed by atoms with Gasteiger partial charge in [-0.2, -0.15) is 8.78 Å².